The summed E-state index contributed by atoms with van der Waals surface area (Å²) in [6.07, 6.45) is -0.592. The van der Waals surface area contributed by atoms with E-state index in [0.717, 1.165) is 11.1 Å². The largest absolute Gasteiger partial charge is 0.387 e. The van der Waals surface area contributed by atoms with E-state index in [1.165, 1.54) is 6.07 Å². The van der Waals surface area contributed by atoms with Gasteiger partial charge < -0.3 is 10.4 Å². The topological polar surface area (TPSA) is 75.4 Å². The molecule has 21 heavy (non-hydrogen) atoms. The van der Waals surface area contributed by atoms with Gasteiger partial charge in [0.15, 0.2) is 0 Å². The molecule has 2 aromatic rings. The highest BCUT2D eigenvalue weighted by Crippen LogP contribution is 2.21. The average molecular weight is 286 g/mol. The number of benzene rings is 2. The normalized spacial score (nSPS) is 12.1. The van der Waals surface area contributed by atoms with Gasteiger partial charge >= 0.3 is 0 Å². The van der Waals surface area contributed by atoms with E-state index in [0.29, 0.717) is 18.7 Å². The molecule has 0 aliphatic rings. The number of aliphatic hydroxyl groups is 1. The van der Waals surface area contributed by atoms with Gasteiger partial charge in [0, 0.05) is 24.7 Å². The van der Waals surface area contributed by atoms with Crippen LogP contribution in [0.15, 0.2) is 48.5 Å². The molecule has 0 aromatic heterocycles. The highest BCUT2D eigenvalue weighted by molar-refractivity contribution is 5.44. The van der Waals surface area contributed by atoms with Crippen LogP contribution in [0.25, 0.3) is 0 Å². The van der Waals surface area contributed by atoms with Gasteiger partial charge in [0.1, 0.15) is 0 Å². The molecule has 0 aliphatic carbocycles. The SMILES string of the molecule is Cc1c(CNCC(O)c2ccccc2)cccc1[N+](=O)[O-]. The van der Waals surface area contributed by atoms with Gasteiger partial charge in [-0.2, -0.15) is 0 Å². The van der Waals surface area contributed by atoms with Crippen LogP contribution in [-0.2, 0) is 6.54 Å². The van der Waals surface area contributed by atoms with E-state index in [2.05, 4.69) is 5.32 Å². The maximum atomic E-state index is 10.9. The Kier molecular flexibility index (Phi) is 5.03. The quantitative estimate of drug-likeness (QED) is 0.632. The fourth-order valence-corrected chi connectivity index (χ4v) is 2.20. The van der Waals surface area contributed by atoms with Crippen LogP contribution in [0.3, 0.4) is 0 Å². The van der Waals surface area contributed by atoms with Crippen LogP contribution in [0, 0.1) is 17.0 Å². The molecule has 0 saturated heterocycles. The summed E-state index contributed by atoms with van der Waals surface area (Å²) in [5.41, 5.74) is 2.49. The summed E-state index contributed by atoms with van der Waals surface area (Å²) in [5.74, 6) is 0. The van der Waals surface area contributed by atoms with Gasteiger partial charge in [-0.3, -0.25) is 10.1 Å². The minimum atomic E-state index is -0.592. The Hall–Kier alpha value is -2.24. The average Bonchev–Trinajstić information content (AvgIpc) is 2.49. The minimum Gasteiger partial charge on any atom is -0.387 e. The third kappa shape index (κ3) is 3.87. The number of nitrogens with one attached hydrogen (secondary N) is 1. The van der Waals surface area contributed by atoms with Crippen molar-refractivity contribution in [3.8, 4) is 0 Å². The van der Waals surface area contributed by atoms with Gasteiger partial charge in [0.25, 0.3) is 5.69 Å². The fourth-order valence-electron chi connectivity index (χ4n) is 2.20. The second-order valence-electron chi connectivity index (χ2n) is 4.88. The number of rotatable bonds is 6. The van der Waals surface area contributed by atoms with E-state index in [9.17, 15) is 15.2 Å². The number of nitro groups is 1. The molecular formula is C16H18N2O3. The standard InChI is InChI=1S/C16H18N2O3/c1-12-14(8-5-9-15(12)18(20)21)10-17-11-16(19)13-6-3-2-4-7-13/h2-9,16-17,19H,10-11H2,1H3. The van der Waals surface area contributed by atoms with Crippen molar-refractivity contribution in [2.45, 2.75) is 19.6 Å². The van der Waals surface area contributed by atoms with Gasteiger partial charge in [-0.05, 0) is 18.1 Å². The van der Waals surface area contributed by atoms with Crippen molar-refractivity contribution in [2.75, 3.05) is 6.54 Å². The molecule has 0 bridgehead atoms. The predicted molar refractivity (Wildman–Crippen MR) is 80.9 cm³/mol. The summed E-state index contributed by atoms with van der Waals surface area (Å²) in [6.45, 7) is 2.62. The highest BCUT2D eigenvalue weighted by Gasteiger charge is 2.13. The molecule has 2 rings (SSSR count). The van der Waals surface area contributed by atoms with Crippen molar-refractivity contribution < 1.29 is 10.0 Å². The van der Waals surface area contributed by atoms with Crippen molar-refractivity contribution in [2.24, 2.45) is 0 Å². The predicted octanol–water partition coefficient (Wildman–Crippen LogP) is 2.73. The van der Waals surface area contributed by atoms with Crippen LogP contribution in [-0.4, -0.2) is 16.6 Å². The maximum absolute atomic E-state index is 10.9. The lowest BCUT2D eigenvalue weighted by Gasteiger charge is -2.13. The molecule has 5 nitrogen and oxygen atoms in total. The number of nitro benzene ring substituents is 1. The van der Waals surface area contributed by atoms with Crippen LogP contribution in [0.5, 0.6) is 0 Å². The molecule has 2 N–H and O–H groups in total. The maximum Gasteiger partial charge on any atom is 0.272 e. The van der Waals surface area contributed by atoms with Crippen LogP contribution >= 0.6 is 0 Å². The molecule has 0 amide bonds. The van der Waals surface area contributed by atoms with E-state index in [4.69, 9.17) is 0 Å². The lowest BCUT2D eigenvalue weighted by atomic mass is 10.1. The number of nitrogens with zero attached hydrogens (tertiary/aromatic N) is 1. The van der Waals surface area contributed by atoms with Crippen molar-refractivity contribution in [1.29, 1.82) is 0 Å². The molecule has 1 unspecified atom stereocenters. The molecule has 0 spiro atoms. The van der Waals surface area contributed by atoms with E-state index in [1.54, 1.807) is 13.0 Å². The summed E-state index contributed by atoms with van der Waals surface area (Å²) in [5, 5.41) is 24.1. The second-order valence-corrected chi connectivity index (χ2v) is 4.88. The van der Waals surface area contributed by atoms with Crippen LogP contribution in [0.1, 0.15) is 22.8 Å². The van der Waals surface area contributed by atoms with E-state index in [1.807, 2.05) is 36.4 Å². The van der Waals surface area contributed by atoms with Gasteiger partial charge in [0.05, 0.1) is 11.0 Å². The molecule has 110 valence electrons. The zero-order valence-electron chi connectivity index (χ0n) is 11.8. The third-order valence-electron chi connectivity index (χ3n) is 3.45. The van der Waals surface area contributed by atoms with Gasteiger partial charge in [0.2, 0.25) is 0 Å². The Balaban J connectivity index is 1.95. The fraction of sp³-hybridized carbons (Fsp3) is 0.250. The van der Waals surface area contributed by atoms with Crippen LogP contribution in [0.2, 0.25) is 0 Å². The summed E-state index contributed by atoms with van der Waals surface area (Å²) in [6, 6.07) is 14.4. The Labute approximate surface area is 123 Å². The summed E-state index contributed by atoms with van der Waals surface area (Å²) in [4.78, 5) is 10.5. The summed E-state index contributed by atoms with van der Waals surface area (Å²) < 4.78 is 0. The highest BCUT2D eigenvalue weighted by atomic mass is 16.6. The lowest BCUT2D eigenvalue weighted by Crippen LogP contribution is -2.21. The lowest BCUT2D eigenvalue weighted by molar-refractivity contribution is -0.385. The molecule has 0 radical (unpaired) electrons. The first-order valence-electron chi connectivity index (χ1n) is 6.76. The third-order valence-corrected chi connectivity index (χ3v) is 3.45. The van der Waals surface area contributed by atoms with Crippen LogP contribution < -0.4 is 5.32 Å². The zero-order chi connectivity index (χ0) is 15.2. The van der Waals surface area contributed by atoms with Gasteiger partial charge in [-0.1, -0.05) is 42.5 Å². The van der Waals surface area contributed by atoms with Gasteiger partial charge in [-0.15, -0.1) is 0 Å². The van der Waals surface area contributed by atoms with Crippen molar-refractivity contribution in [1.82, 2.24) is 5.32 Å². The van der Waals surface area contributed by atoms with Gasteiger partial charge in [-0.25, -0.2) is 0 Å². The van der Waals surface area contributed by atoms with Crippen molar-refractivity contribution >= 4 is 5.69 Å². The first kappa shape index (κ1) is 15.2. The van der Waals surface area contributed by atoms with E-state index in [-0.39, 0.29) is 10.6 Å². The molecule has 2 aromatic carbocycles. The van der Waals surface area contributed by atoms with E-state index >= 15 is 0 Å². The Morgan fingerprint density at radius 1 is 1.19 bits per heavy atom. The minimum absolute atomic E-state index is 0.123. The Bertz CT molecular complexity index is 614. The Morgan fingerprint density at radius 2 is 1.90 bits per heavy atom. The Morgan fingerprint density at radius 3 is 2.57 bits per heavy atom. The number of aliphatic hydroxyl groups excluding tert-OH is 1. The molecule has 0 saturated carbocycles. The molecule has 0 fully saturated rings. The number of hydrogen-bond donors (Lipinski definition) is 2. The summed E-state index contributed by atoms with van der Waals surface area (Å²) >= 11 is 0. The zero-order valence-corrected chi connectivity index (χ0v) is 11.8. The monoisotopic (exact) mass is 286 g/mol. The molecule has 1 atom stereocenters. The van der Waals surface area contributed by atoms with Crippen molar-refractivity contribution in [3.63, 3.8) is 0 Å². The smallest absolute Gasteiger partial charge is 0.272 e. The molecular weight excluding hydrogens is 268 g/mol. The molecule has 5 heteroatoms. The first-order chi connectivity index (χ1) is 10.1. The first-order valence-corrected chi connectivity index (χ1v) is 6.76. The molecule has 0 aliphatic heterocycles. The molecule has 0 heterocycles. The van der Waals surface area contributed by atoms with E-state index < -0.39 is 6.10 Å². The van der Waals surface area contributed by atoms with Crippen LogP contribution in [0.4, 0.5) is 5.69 Å². The second kappa shape index (κ2) is 6.97. The number of hydrogen-bond acceptors (Lipinski definition) is 4. The van der Waals surface area contributed by atoms with Crippen molar-refractivity contribution in [3.05, 3.63) is 75.3 Å². The summed E-state index contributed by atoms with van der Waals surface area (Å²) in [7, 11) is 0.